The van der Waals surface area contributed by atoms with Crippen LogP contribution < -0.4 is 0 Å². The summed E-state index contributed by atoms with van der Waals surface area (Å²) in [5.41, 5.74) is 1.31. The average molecular weight is 328 g/mol. The minimum absolute atomic E-state index is 0.585. The quantitative estimate of drug-likeness (QED) is 0.567. The summed E-state index contributed by atoms with van der Waals surface area (Å²) in [4.78, 5) is 0. The molecular weight excluding hydrogens is 302 g/mol. The molecule has 24 heavy (non-hydrogen) atoms. The second-order valence-corrected chi connectivity index (χ2v) is 7.99. The first-order valence-electron chi connectivity index (χ1n) is 9.52. The Morgan fingerprint density at radius 3 is 2.33 bits per heavy atom. The molecule has 2 aliphatic carbocycles. The van der Waals surface area contributed by atoms with Gasteiger partial charge < -0.3 is 0 Å². The lowest BCUT2D eigenvalue weighted by Gasteiger charge is -2.42. The minimum Gasteiger partial charge on any atom is -0.204 e. The van der Waals surface area contributed by atoms with Crippen LogP contribution in [0.3, 0.4) is 0 Å². The van der Waals surface area contributed by atoms with E-state index >= 15 is 0 Å². The van der Waals surface area contributed by atoms with Gasteiger partial charge in [0, 0.05) is 0 Å². The summed E-state index contributed by atoms with van der Waals surface area (Å²) in [5, 5.41) is 1.61. The van der Waals surface area contributed by atoms with Gasteiger partial charge in [-0.15, -0.1) is 0 Å². The molecule has 0 spiro atoms. The van der Waals surface area contributed by atoms with Gasteiger partial charge in [-0.3, -0.25) is 0 Å². The van der Waals surface area contributed by atoms with Gasteiger partial charge >= 0.3 is 0 Å². The molecular formula is C22H26F2. The topological polar surface area (TPSA) is 0 Å². The van der Waals surface area contributed by atoms with Crippen LogP contribution in [0.25, 0.3) is 10.8 Å². The number of benzene rings is 2. The fraction of sp³-hybridized carbons (Fsp3) is 0.545. The Kier molecular flexibility index (Phi) is 4.32. The van der Waals surface area contributed by atoms with Gasteiger partial charge in [0.25, 0.3) is 0 Å². The Balaban J connectivity index is 1.54. The summed E-state index contributed by atoms with van der Waals surface area (Å²) < 4.78 is 26.9. The van der Waals surface area contributed by atoms with Crippen molar-refractivity contribution in [3.63, 3.8) is 0 Å². The molecule has 0 radical (unpaired) electrons. The van der Waals surface area contributed by atoms with E-state index in [1.165, 1.54) is 62.6 Å². The van der Waals surface area contributed by atoms with Crippen molar-refractivity contribution in [2.24, 2.45) is 17.8 Å². The van der Waals surface area contributed by atoms with Crippen molar-refractivity contribution in [2.75, 3.05) is 0 Å². The molecule has 0 aliphatic heterocycles. The summed E-state index contributed by atoms with van der Waals surface area (Å²) >= 11 is 0. The van der Waals surface area contributed by atoms with E-state index in [0.29, 0.717) is 5.92 Å². The van der Waals surface area contributed by atoms with E-state index in [9.17, 15) is 8.78 Å². The van der Waals surface area contributed by atoms with E-state index < -0.39 is 11.6 Å². The third-order valence-corrected chi connectivity index (χ3v) is 6.67. The second kappa shape index (κ2) is 6.46. The molecule has 4 atom stereocenters. The number of fused-ring (bicyclic) bond motifs is 2. The zero-order valence-electron chi connectivity index (χ0n) is 14.4. The molecule has 0 amide bonds. The van der Waals surface area contributed by atoms with Crippen molar-refractivity contribution in [1.29, 1.82) is 0 Å². The lowest BCUT2D eigenvalue weighted by atomic mass is 9.63. The van der Waals surface area contributed by atoms with Gasteiger partial charge in [0.15, 0.2) is 11.6 Å². The molecule has 0 bridgehead atoms. The van der Waals surface area contributed by atoms with Crippen molar-refractivity contribution >= 4 is 10.8 Å². The summed E-state index contributed by atoms with van der Waals surface area (Å²) in [5.74, 6) is 1.81. The lowest BCUT2D eigenvalue weighted by molar-refractivity contribution is 0.116. The zero-order valence-corrected chi connectivity index (χ0v) is 14.4. The van der Waals surface area contributed by atoms with E-state index in [4.69, 9.17) is 0 Å². The molecule has 0 nitrogen and oxygen atoms in total. The Bertz CT molecular complexity index is 736. The van der Waals surface area contributed by atoms with E-state index in [2.05, 4.69) is 19.1 Å². The van der Waals surface area contributed by atoms with Gasteiger partial charge in [-0.2, -0.15) is 0 Å². The van der Waals surface area contributed by atoms with Crippen molar-refractivity contribution in [1.82, 2.24) is 0 Å². The van der Waals surface area contributed by atoms with Crippen LogP contribution in [0.4, 0.5) is 8.78 Å². The van der Waals surface area contributed by atoms with Gasteiger partial charge in [0.1, 0.15) is 0 Å². The van der Waals surface area contributed by atoms with E-state index in [0.717, 1.165) is 28.5 Å². The number of hydrogen-bond acceptors (Lipinski definition) is 0. The molecule has 0 saturated heterocycles. The molecule has 4 rings (SSSR count). The predicted octanol–water partition coefficient (Wildman–Crippen LogP) is 6.83. The maximum Gasteiger partial charge on any atom is 0.159 e. The maximum absolute atomic E-state index is 13.5. The maximum atomic E-state index is 13.5. The number of hydrogen-bond donors (Lipinski definition) is 0. The van der Waals surface area contributed by atoms with Crippen LogP contribution in [0.15, 0.2) is 30.3 Å². The largest absolute Gasteiger partial charge is 0.204 e. The highest BCUT2D eigenvalue weighted by Gasteiger charge is 2.35. The Morgan fingerprint density at radius 1 is 0.833 bits per heavy atom. The highest BCUT2D eigenvalue weighted by atomic mass is 19.2. The summed E-state index contributed by atoms with van der Waals surface area (Å²) in [7, 11) is 0. The van der Waals surface area contributed by atoms with E-state index in [1.54, 1.807) is 0 Å². The fourth-order valence-corrected chi connectivity index (χ4v) is 5.17. The molecule has 2 heteroatoms. The zero-order chi connectivity index (χ0) is 16.7. The molecule has 0 N–H and O–H groups in total. The van der Waals surface area contributed by atoms with E-state index in [1.807, 2.05) is 6.07 Å². The predicted molar refractivity (Wildman–Crippen MR) is 95.1 cm³/mol. The van der Waals surface area contributed by atoms with Crippen molar-refractivity contribution in [2.45, 2.75) is 57.8 Å². The number of rotatable bonds is 2. The standard InChI is InChI=1S/C22H26F2/c1-2-14-3-4-16-10-17(6-5-15(16)9-14)18-7-8-19-12-21(23)22(24)13-20(19)11-18/h7-8,11-17H,2-6,9-10H2,1H3. The summed E-state index contributed by atoms with van der Waals surface area (Å²) in [6, 6.07) is 8.81. The first-order chi connectivity index (χ1) is 11.6. The molecule has 4 unspecified atom stereocenters. The van der Waals surface area contributed by atoms with Crippen molar-refractivity contribution in [3.05, 3.63) is 47.5 Å². The highest BCUT2D eigenvalue weighted by molar-refractivity contribution is 5.83. The second-order valence-electron chi connectivity index (χ2n) is 7.99. The highest BCUT2D eigenvalue weighted by Crippen LogP contribution is 2.48. The third kappa shape index (κ3) is 2.96. The van der Waals surface area contributed by atoms with Crippen LogP contribution in [0.1, 0.15) is 63.4 Å². The molecule has 128 valence electrons. The normalized spacial score (nSPS) is 30.3. The van der Waals surface area contributed by atoms with Gasteiger partial charge in [-0.25, -0.2) is 8.78 Å². The first-order valence-corrected chi connectivity index (χ1v) is 9.52. The molecule has 2 aromatic carbocycles. The van der Waals surface area contributed by atoms with Crippen LogP contribution >= 0.6 is 0 Å². The van der Waals surface area contributed by atoms with Crippen molar-refractivity contribution in [3.8, 4) is 0 Å². The van der Waals surface area contributed by atoms with Gasteiger partial charge in [-0.05, 0) is 84.2 Å². The van der Waals surface area contributed by atoms with Crippen LogP contribution in [0, 0.1) is 29.4 Å². The average Bonchev–Trinajstić information content (AvgIpc) is 2.61. The Morgan fingerprint density at radius 2 is 1.54 bits per heavy atom. The first kappa shape index (κ1) is 16.1. The van der Waals surface area contributed by atoms with Crippen molar-refractivity contribution < 1.29 is 8.78 Å². The monoisotopic (exact) mass is 328 g/mol. The molecule has 2 aliphatic rings. The molecule has 0 heterocycles. The van der Waals surface area contributed by atoms with Crippen LogP contribution in [0.2, 0.25) is 0 Å². The number of halogens is 2. The Labute approximate surface area is 143 Å². The molecule has 2 fully saturated rings. The summed E-state index contributed by atoms with van der Waals surface area (Å²) in [6.07, 6.45) is 9.39. The Hall–Kier alpha value is -1.44. The fourth-order valence-electron chi connectivity index (χ4n) is 5.17. The smallest absolute Gasteiger partial charge is 0.159 e. The third-order valence-electron chi connectivity index (χ3n) is 6.67. The van der Waals surface area contributed by atoms with Crippen LogP contribution in [-0.2, 0) is 0 Å². The SMILES string of the molecule is CCC1CCC2CC(c3ccc4cc(F)c(F)cc4c3)CCC2C1. The van der Waals surface area contributed by atoms with Crippen LogP contribution in [0.5, 0.6) is 0 Å². The van der Waals surface area contributed by atoms with Gasteiger partial charge in [0.05, 0.1) is 0 Å². The minimum atomic E-state index is -0.761. The lowest BCUT2D eigenvalue weighted by Crippen LogP contribution is -2.30. The molecule has 2 aromatic rings. The molecule has 2 saturated carbocycles. The van der Waals surface area contributed by atoms with Gasteiger partial charge in [0.2, 0.25) is 0 Å². The summed E-state index contributed by atoms with van der Waals surface area (Å²) in [6.45, 7) is 2.33. The van der Waals surface area contributed by atoms with Gasteiger partial charge in [-0.1, -0.05) is 38.0 Å². The molecule has 0 aromatic heterocycles. The van der Waals surface area contributed by atoms with E-state index in [-0.39, 0.29) is 0 Å². The van der Waals surface area contributed by atoms with Crippen LogP contribution in [-0.4, -0.2) is 0 Å².